The van der Waals surface area contributed by atoms with Crippen molar-refractivity contribution in [1.29, 1.82) is 0 Å². The van der Waals surface area contributed by atoms with Gasteiger partial charge in [-0.25, -0.2) is 0 Å². The van der Waals surface area contributed by atoms with E-state index in [1.165, 1.54) is 126 Å². The van der Waals surface area contributed by atoms with E-state index in [0.717, 1.165) is 23.7 Å². The zero-order valence-electron chi connectivity index (χ0n) is 33.0. The second-order valence-corrected chi connectivity index (χ2v) is 19.6. The lowest BCUT2D eigenvalue weighted by molar-refractivity contribution is -0.0399. The van der Waals surface area contributed by atoms with Crippen LogP contribution in [-0.2, 0) is 16.2 Å². The Balaban J connectivity index is 1.03. The van der Waals surface area contributed by atoms with Crippen LogP contribution in [0.15, 0.2) is 127 Å². The number of fused-ring (bicyclic) bond motifs is 11. The number of anilines is 3. The van der Waals surface area contributed by atoms with Crippen molar-refractivity contribution in [2.45, 2.75) is 94.3 Å². The molecule has 56 heavy (non-hydrogen) atoms. The molecule has 0 aliphatic heterocycles. The van der Waals surface area contributed by atoms with E-state index in [4.69, 9.17) is 0 Å². The zero-order chi connectivity index (χ0) is 37.0. The van der Waals surface area contributed by atoms with Crippen molar-refractivity contribution in [3.05, 3.63) is 161 Å². The summed E-state index contributed by atoms with van der Waals surface area (Å²) in [5, 5.41) is 0. The number of nitrogens with zero attached hydrogens (tertiary/aromatic N) is 1. The first kappa shape index (κ1) is 32.2. The molecule has 6 aromatic carbocycles. The van der Waals surface area contributed by atoms with Crippen molar-refractivity contribution >= 4 is 17.1 Å². The molecule has 0 aromatic heterocycles. The molecule has 276 valence electrons. The minimum Gasteiger partial charge on any atom is -0.310 e. The topological polar surface area (TPSA) is 3.24 Å². The first-order valence-electron chi connectivity index (χ1n) is 22.0. The minimum absolute atomic E-state index is 0.0676. The van der Waals surface area contributed by atoms with Gasteiger partial charge in [-0.05, 0) is 172 Å². The number of hydrogen-bond donors (Lipinski definition) is 0. The molecule has 0 N–H and O–H groups in total. The van der Waals surface area contributed by atoms with Gasteiger partial charge in [-0.2, -0.15) is 0 Å². The fraction of sp³-hybridized carbons (Fsp3) is 0.345. The summed E-state index contributed by atoms with van der Waals surface area (Å²) in [6.07, 6.45) is 13.6. The maximum atomic E-state index is 2.69. The molecule has 0 unspecified atom stereocenters. The summed E-state index contributed by atoms with van der Waals surface area (Å²) in [5.74, 6) is 3.35. The van der Waals surface area contributed by atoms with Crippen molar-refractivity contribution in [2.24, 2.45) is 23.7 Å². The number of hydrogen-bond acceptors (Lipinski definition) is 1. The molecule has 6 aromatic rings. The minimum atomic E-state index is -0.0676. The smallest absolute Gasteiger partial charge is 0.0468 e. The third-order valence-electron chi connectivity index (χ3n) is 16.8. The maximum absolute atomic E-state index is 2.69. The van der Waals surface area contributed by atoms with Crippen LogP contribution in [0.25, 0.3) is 33.4 Å². The van der Waals surface area contributed by atoms with Crippen LogP contribution in [0.2, 0.25) is 0 Å². The Hall–Kier alpha value is -4.88. The normalized spacial score (nSPS) is 27.1. The first-order valence-corrected chi connectivity index (χ1v) is 22.0. The molecule has 0 amide bonds. The Morgan fingerprint density at radius 3 is 1.57 bits per heavy atom. The molecule has 8 aliphatic rings. The maximum Gasteiger partial charge on any atom is 0.0468 e. The van der Waals surface area contributed by atoms with E-state index in [1.807, 2.05) is 0 Å². The fourth-order valence-electron chi connectivity index (χ4n) is 14.8. The second-order valence-electron chi connectivity index (χ2n) is 19.6. The van der Waals surface area contributed by atoms with Crippen molar-refractivity contribution in [3.8, 4) is 33.4 Å². The Bertz CT molecular complexity index is 2600. The quantitative estimate of drug-likeness (QED) is 0.176. The van der Waals surface area contributed by atoms with Gasteiger partial charge in [0.2, 0.25) is 0 Å². The van der Waals surface area contributed by atoms with Crippen LogP contribution in [0.4, 0.5) is 17.1 Å². The predicted molar refractivity (Wildman–Crippen MR) is 231 cm³/mol. The SMILES string of the molecule is CC1(C)c2ccccc2-c2ccc(N(c3ccc4c(c3)-c3ccccc3C43CCCCC3)c3ccc4c(c3)C3(c5ccccc5-4)C4CC5CC(C4)CC3C5)cc21. The molecule has 0 radical (unpaired) electrons. The average Bonchev–Trinajstić information content (AvgIpc) is 3.76. The van der Waals surface area contributed by atoms with E-state index >= 15 is 0 Å². The zero-order valence-corrected chi connectivity index (χ0v) is 33.0. The van der Waals surface area contributed by atoms with Crippen LogP contribution in [0.1, 0.15) is 111 Å². The molecule has 2 spiro atoms. The van der Waals surface area contributed by atoms with Gasteiger partial charge in [0.15, 0.2) is 0 Å². The summed E-state index contributed by atoms with van der Waals surface area (Å²) < 4.78 is 0. The number of rotatable bonds is 3. The van der Waals surface area contributed by atoms with E-state index < -0.39 is 0 Å². The Kier molecular flexibility index (Phi) is 6.42. The first-order chi connectivity index (χ1) is 27.4. The predicted octanol–water partition coefficient (Wildman–Crippen LogP) is 14.4. The highest BCUT2D eigenvalue weighted by atomic mass is 15.1. The average molecular weight is 726 g/mol. The van der Waals surface area contributed by atoms with Crippen molar-refractivity contribution in [3.63, 3.8) is 0 Å². The molecule has 0 atom stereocenters. The summed E-state index contributed by atoms with van der Waals surface area (Å²) in [7, 11) is 0. The van der Waals surface area contributed by atoms with Crippen LogP contribution in [0.5, 0.6) is 0 Å². The standard InChI is InChI=1S/C55H51N/c1-53(2)47-15-7-4-12-41(47)44-21-18-39(32-51(44)53)56(38-20-23-49-46(31-38)43-14-5-8-16-48(43)54(49)24-10-3-11-25-54)40-19-22-45-42-13-6-9-17-50(42)55(52(45)33-40)36-27-34-26-35(29-36)30-37(55)28-34/h4-9,12-23,31-37H,3,10-11,24-30H2,1-2H3. The molecular formula is C55H51N. The largest absolute Gasteiger partial charge is 0.310 e. The molecule has 1 nitrogen and oxygen atoms in total. The van der Waals surface area contributed by atoms with Crippen LogP contribution in [-0.4, -0.2) is 0 Å². The van der Waals surface area contributed by atoms with Crippen molar-refractivity contribution in [1.82, 2.24) is 0 Å². The molecule has 5 saturated carbocycles. The molecule has 1 heteroatoms. The summed E-state index contributed by atoms with van der Waals surface area (Å²) in [6.45, 7) is 4.84. The van der Waals surface area contributed by atoms with Crippen LogP contribution in [0, 0.1) is 23.7 Å². The van der Waals surface area contributed by atoms with E-state index in [2.05, 4.69) is 146 Å². The van der Waals surface area contributed by atoms with E-state index in [-0.39, 0.29) is 16.2 Å². The Morgan fingerprint density at radius 1 is 0.411 bits per heavy atom. The van der Waals surface area contributed by atoms with Gasteiger partial charge < -0.3 is 4.90 Å². The van der Waals surface area contributed by atoms with Gasteiger partial charge in [0, 0.05) is 33.3 Å². The van der Waals surface area contributed by atoms with E-state index in [0.29, 0.717) is 0 Å². The van der Waals surface area contributed by atoms with Gasteiger partial charge in [0.05, 0.1) is 0 Å². The van der Waals surface area contributed by atoms with E-state index in [1.54, 1.807) is 22.3 Å². The molecule has 4 bridgehead atoms. The van der Waals surface area contributed by atoms with Crippen molar-refractivity contribution in [2.75, 3.05) is 4.90 Å². The van der Waals surface area contributed by atoms with Gasteiger partial charge in [-0.3, -0.25) is 0 Å². The summed E-state index contributed by atoms with van der Waals surface area (Å²) >= 11 is 0. The van der Waals surface area contributed by atoms with Gasteiger partial charge >= 0.3 is 0 Å². The third-order valence-corrected chi connectivity index (χ3v) is 16.8. The lowest BCUT2D eigenvalue weighted by Gasteiger charge is -2.61. The Morgan fingerprint density at radius 2 is 0.893 bits per heavy atom. The van der Waals surface area contributed by atoms with E-state index in [9.17, 15) is 0 Å². The highest BCUT2D eigenvalue weighted by molar-refractivity contribution is 5.91. The van der Waals surface area contributed by atoms with Gasteiger partial charge in [-0.15, -0.1) is 0 Å². The van der Waals surface area contributed by atoms with Gasteiger partial charge in [0.25, 0.3) is 0 Å². The third kappa shape index (κ3) is 3.98. The molecule has 0 heterocycles. The molecule has 14 rings (SSSR count). The molecule has 8 aliphatic carbocycles. The highest BCUT2D eigenvalue weighted by Gasteiger charge is 2.61. The Labute approximate surface area is 332 Å². The molecule has 5 fully saturated rings. The summed E-state index contributed by atoms with van der Waals surface area (Å²) in [6, 6.07) is 50.7. The van der Waals surface area contributed by atoms with Gasteiger partial charge in [-0.1, -0.05) is 124 Å². The monoisotopic (exact) mass is 725 g/mol. The summed E-state index contributed by atoms with van der Waals surface area (Å²) in [5.41, 5.74) is 22.0. The van der Waals surface area contributed by atoms with Crippen molar-refractivity contribution < 1.29 is 0 Å². The lowest BCUT2D eigenvalue weighted by atomic mass is 9.43. The highest BCUT2D eigenvalue weighted by Crippen LogP contribution is 2.70. The van der Waals surface area contributed by atoms with Gasteiger partial charge in [0.1, 0.15) is 0 Å². The molecule has 0 saturated heterocycles. The lowest BCUT2D eigenvalue weighted by Crippen LogP contribution is -2.55. The second kappa shape index (κ2) is 11.2. The fourth-order valence-corrected chi connectivity index (χ4v) is 14.8. The van der Waals surface area contributed by atoms with Crippen LogP contribution < -0.4 is 4.90 Å². The molecular weight excluding hydrogens is 675 g/mol. The van der Waals surface area contributed by atoms with Crippen LogP contribution in [0.3, 0.4) is 0 Å². The summed E-state index contributed by atoms with van der Waals surface area (Å²) in [4.78, 5) is 2.64. The number of benzene rings is 6. The van der Waals surface area contributed by atoms with Crippen LogP contribution >= 0.6 is 0 Å².